The van der Waals surface area contributed by atoms with Crippen LogP contribution in [-0.2, 0) is 26.6 Å². The number of carbonyl (C=O) groups is 1. The van der Waals surface area contributed by atoms with Crippen LogP contribution in [0.5, 0.6) is 0 Å². The van der Waals surface area contributed by atoms with Gasteiger partial charge in [-0.05, 0) is 61.4 Å². The Balaban J connectivity index is 1.21. The Morgan fingerprint density at radius 2 is 1.81 bits per heavy atom. The van der Waals surface area contributed by atoms with Crippen LogP contribution in [0.1, 0.15) is 31.2 Å². The van der Waals surface area contributed by atoms with E-state index in [2.05, 4.69) is 15.5 Å². The van der Waals surface area contributed by atoms with Gasteiger partial charge in [-0.3, -0.25) is 4.79 Å². The van der Waals surface area contributed by atoms with Crippen molar-refractivity contribution in [2.45, 2.75) is 36.6 Å². The summed E-state index contributed by atoms with van der Waals surface area (Å²) in [7, 11) is -3.35. The number of nitrogens with zero attached hydrogens (tertiary/aromatic N) is 3. The number of rotatable bonds is 8. The number of hydrogen-bond acceptors (Lipinski definition) is 6. The van der Waals surface area contributed by atoms with E-state index in [9.17, 15) is 22.0 Å². The van der Waals surface area contributed by atoms with E-state index in [4.69, 9.17) is 27.7 Å². The first-order chi connectivity index (χ1) is 20.0. The maximum atomic E-state index is 14.3. The number of nitrogens with one attached hydrogen (secondary N) is 1. The molecule has 1 fully saturated rings. The lowest BCUT2D eigenvalue weighted by molar-refractivity contribution is -0.116. The highest BCUT2D eigenvalue weighted by Gasteiger charge is 2.52. The predicted molar refractivity (Wildman–Crippen MR) is 154 cm³/mol. The molecule has 2 aromatic heterocycles. The average molecular weight is 631 g/mol. The van der Waals surface area contributed by atoms with Crippen molar-refractivity contribution in [3.63, 3.8) is 0 Å². The van der Waals surface area contributed by atoms with Gasteiger partial charge in [0.25, 0.3) is 5.89 Å². The van der Waals surface area contributed by atoms with Crippen molar-refractivity contribution < 1.29 is 26.5 Å². The van der Waals surface area contributed by atoms with Gasteiger partial charge in [-0.25, -0.2) is 17.2 Å². The van der Waals surface area contributed by atoms with E-state index >= 15 is 0 Å². The van der Waals surface area contributed by atoms with Gasteiger partial charge in [0.05, 0.1) is 21.6 Å². The van der Waals surface area contributed by atoms with E-state index in [0.29, 0.717) is 35.0 Å². The third kappa shape index (κ3) is 5.05. The van der Waals surface area contributed by atoms with E-state index in [-0.39, 0.29) is 50.4 Å². The van der Waals surface area contributed by atoms with Gasteiger partial charge in [0.2, 0.25) is 5.91 Å². The number of benzene rings is 3. The molecule has 0 atom stereocenters. The van der Waals surface area contributed by atoms with E-state index in [1.807, 2.05) is 0 Å². The molecule has 8 nitrogen and oxygen atoms in total. The predicted octanol–water partition coefficient (Wildman–Crippen LogP) is 6.79. The largest absolute Gasteiger partial charge is 0.338 e. The quantitative estimate of drug-likeness (QED) is 0.202. The fourth-order valence-corrected chi connectivity index (χ4v) is 6.80. The van der Waals surface area contributed by atoms with Crippen molar-refractivity contribution in [2.75, 3.05) is 11.1 Å². The molecule has 1 N–H and O–H groups in total. The van der Waals surface area contributed by atoms with E-state index in [1.165, 1.54) is 12.1 Å². The Morgan fingerprint density at radius 1 is 1.07 bits per heavy atom. The molecule has 1 aliphatic carbocycles. The zero-order valence-electron chi connectivity index (χ0n) is 22.0. The van der Waals surface area contributed by atoms with Crippen LogP contribution in [0.3, 0.4) is 0 Å². The maximum Gasteiger partial charge on any atom is 0.260 e. The molecule has 2 heterocycles. The van der Waals surface area contributed by atoms with Gasteiger partial charge in [-0.1, -0.05) is 35.3 Å². The van der Waals surface area contributed by atoms with Crippen LogP contribution >= 0.6 is 23.2 Å². The highest BCUT2D eigenvalue weighted by atomic mass is 35.5. The first kappa shape index (κ1) is 28.3. The summed E-state index contributed by atoms with van der Waals surface area (Å²) in [6.07, 6.45) is 2.94. The molecule has 0 unspecified atom stereocenters. The third-order valence-electron chi connectivity index (χ3n) is 7.37. The SMILES string of the molecule is CCS(=O)(=O)c1ccc2c(ccn2CC(=O)Nc2cc(Cl)c(C3(c4noc(-c5ccc(F)cc5F)n4)CC3)c(Cl)c2)c1. The second-order valence-electron chi connectivity index (χ2n) is 10.1. The van der Waals surface area contributed by atoms with Gasteiger partial charge in [-0.15, -0.1) is 0 Å². The molecule has 1 aliphatic rings. The van der Waals surface area contributed by atoms with Crippen molar-refractivity contribution in [2.24, 2.45) is 0 Å². The lowest BCUT2D eigenvalue weighted by Crippen LogP contribution is -2.19. The average Bonchev–Trinajstić information content (AvgIpc) is 3.38. The smallest absolute Gasteiger partial charge is 0.260 e. The highest BCUT2D eigenvalue weighted by molar-refractivity contribution is 7.91. The number of hydrogen-bond donors (Lipinski definition) is 1. The minimum absolute atomic E-state index is 0.00122. The van der Waals surface area contributed by atoms with Crippen LogP contribution < -0.4 is 5.32 Å². The number of aromatic nitrogens is 3. The Kier molecular flexibility index (Phi) is 7.07. The topological polar surface area (TPSA) is 107 Å². The first-order valence-electron chi connectivity index (χ1n) is 12.9. The minimum Gasteiger partial charge on any atom is -0.338 e. The molecule has 3 aromatic carbocycles. The molecular formula is C29H22Cl2F2N4O4S. The third-order valence-corrected chi connectivity index (χ3v) is 9.69. The summed E-state index contributed by atoms with van der Waals surface area (Å²) in [6.45, 7) is 1.56. The molecule has 13 heteroatoms. The molecule has 0 spiro atoms. The molecule has 1 amide bonds. The standard InChI is InChI=1S/C29H22Cl2F2N4O4S/c1-2-42(39,40)19-4-6-24-16(11-19)7-10-37(24)15-25(38)34-18-13-21(30)26(22(31)14-18)29(8-9-29)28-35-27(41-36-28)20-5-3-17(32)12-23(20)33/h3-7,10-14H,2,8-9,15H2,1H3,(H,34,38). The lowest BCUT2D eigenvalue weighted by Gasteiger charge is -2.17. The second kappa shape index (κ2) is 10.5. The summed E-state index contributed by atoms with van der Waals surface area (Å²) in [6, 6.07) is 12.8. The van der Waals surface area contributed by atoms with Crippen molar-refractivity contribution in [3.05, 3.63) is 93.9 Å². The number of halogens is 4. The van der Waals surface area contributed by atoms with Crippen LogP contribution in [0.4, 0.5) is 14.5 Å². The van der Waals surface area contributed by atoms with Crippen LogP contribution in [0.25, 0.3) is 22.4 Å². The summed E-state index contributed by atoms with van der Waals surface area (Å²) < 4.78 is 59.0. The van der Waals surface area contributed by atoms with Gasteiger partial charge in [0.15, 0.2) is 15.7 Å². The molecule has 42 heavy (non-hydrogen) atoms. The Labute approximate surface area is 249 Å². The molecule has 5 aromatic rings. The molecule has 1 saturated carbocycles. The molecular weight excluding hydrogens is 609 g/mol. The normalized spacial score (nSPS) is 14.3. The zero-order chi connectivity index (χ0) is 29.8. The summed E-state index contributed by atoms with van der Waals surface area (Å²) in [5.74, 6) is -1.71. The molecule has 0 radical (unpaired) electrons. The number of amides is 1. The van der Waals surface area contributed by atoms with Crippen LogP contribution in [0.2, 0.25) is 10.0 Å². The van der Waals surface area contributed by atoms with Crippen molar-refractivity contribution >= 4 is 55.5 Å². The summed E-state index contributed by atoms with van der Waals surface area (Å²) in [4.78, 5) is 17.5. The summed E-state index contributed by atoms with van der Waals surface area (Å²) in [5, 5.41) is 8.11. The van der Waals surface area contributed by atoms with Gasteiger partial charge in [0.1, 0.15) is 18.2 Å². The van der Waals surface area contributed by atoms with Crippen molar-refractivity contribution in [1.29, 1.82) is 0 Å². The van der Waals surface area contributed by atoms with E-state index in [0.717, 1.165) is 12.1 Å². The molecule has 0 aliphatic heterocycles. The lowest BCUT2D eigenvalue weighted by atomic mass is 9.94. The van der Waals surface area contributed by atoms with Crippen LogP contribution in [-0.4, -0.2) is 34.8 Å². The Bertz CT molecular complexity index is 1960. The number of fused-ring (bicyclic) bond motifs is 1. The summed E-state index contributed by atoms with van der Waals surface area (Å²) >= 11 is 13.3. The minimum atomic E-state index is -3.35. The fourth-order valence-electron chi connectivity index (χ4n) is 5.03. The fraction of sp³-hybridized carbons (Fsp3) is 0.207. The molecule has 6 rings (SSSR count). The second-order valence-corrected chi connectivity index (χ2v) is 13.2. The number of sulfone groups is 1. The number of carbonyl (C=O) groups excluding carboxylic acids is 1. The van der Waals surface area contributed by atoms with Crippen molar-refractivity contribution in [1.82, 2.24) is 14.7 Å². The van der Waals surface area contributed by atoms with Gasteiger partial charge >= 0.3 is 0 Å². The Hall–Kier alpha value is -3.80. The summed E-state index contributed by atoms with van der Waals surface area (Å²) in [5.41, 5.74) is 0.878. The van der Waals surface area contributed by atoms with Crippen molar-refractivity contribution in [3.8, 4) is 11.5 Å². The number of anilines is 1. The van der Waals surface area contributed by atoms with Crippen LogP contribution in [0, 0.1) is 11.6 Å². The van der Waals surface area contributed by atoms with Gasteiger partial charge < -0.3 is 14.4 Å². The first-order valence-corrected chi connectivity index (χ1v) is 15.3. The molecule has 0 bridgehead atoms. The molecule has 0 saturated heterocycles. The van der Waals surface area contributed by atoms with E-state index < -0.39 is 26.9 Å². The monoisotopic (exact) mass is 630 g/mol. The Morgan fingerprint density at radius 3 is 2.48 bits per heavy atom. The van der Waals surface area contributed by atoms with Gasteiger partial charge in [-0.2, -0.15) is 4.98 Å². The maximum absolute atomic E-state index is 14.3. The zero-order valence-corrected chi connectivity index (χ0v) is 24.3. The molecule has 216 valence electrons. The van der Waals surface area contributed by atoms with Gasteiger partial charge in [0, 0.05) is 44.5 Å². The van der Waals surface area contributed by atoms with Crippen LogP contribution in [0.15, 0.2) is 70.2 Å². The van der Waals surface area contributed by atoms with E-state index in [1.54, 1.807) is 48.0 Å². The highest BCUT2D eigenvalue weighted by Crippen LogP contribution is 2.57.